The summed E-state index contributed by atoms with van der Waals surface area (Å²) in [7, 11) is 0. The van der Waals surface area contributed by atoms with Crippen molar-refractivity contribution in [1.82, 2.24) is 19.9 Å². The third-order valence-corrected chi connectivity index (χ3v) is 6.19. The summed E-state index contributed by atoms with van der Waals surface area (Å²) in [5, 5.41) is 4.08. The van der Waals surface area contributed by atoms with Gasteiger partial charge >= 0.3 is 0 Å². The lowest BCUT2D eigenvalue weighted by molar-refractivity contribution is -0.136. The number of aromatic nitrogens is 2. The van der Waals surface area contributed by atoms with Gasteiger partial charge in [-0.3, -0.25) is 9.59 Å². The van der Waals surface area contributed by atoms with E-state index in [4.69, 9.17) is 4.52 Å². The van der Waals surface area contributed by atoms with E-state index in [1.54, 1.807) is 6.92 Å². The summed E-state index contributed by atoms with van der Waals surface area (Å²) in [6.07, 6.45) is 10.8. The van der Waals surface area contributed by atoms with Crippen molar-refractivity contribution in [2.45, 2.75) is 63.8 Å². The maximum atomic E-state index is 12.6. The van der Waals surface area contributed by atoms with E-state index in [0.717, 1.165) is 44.5 Å². The number of hydrogen-bond donors (Lipinski definition) is 0. The van der Waals surface area contributed by atoms with Crippen LogP contribution in [0.25, 0.3) is 0 Å². The number of nitrogens with zero attached hydrogens (tertiary/aromatic N) is 4. The quantitative estimate of drug-likeness (QED) is 0.716. The summed E-state index contributed by atoms with van der Waals surface area (Å²) in [6, 6.07) is 0.0822. The predicted octanol–water partition coefficient (Wildman–Crippen LogP) is 2.30. The minimum absolute atomic E-state index is 0.0412. The van der Waals surface area contributed by atoms with Gasteiger partial charge in [0.25, 0.3) is 0 Å². The Bertz CT molecular complexity index is 717. The van der Waals surface area contributed by atoms with Gasteiger partial charge in [-0.05, 0) is 32.1 Å². The lowest BCUT2D eigenvalue weighted by Gasteiger charge is -2.28. The van der Waals surface area contributed by atoms with Crippen molar-refractivity contribution in [2.75, 3.05) is 19.6 Å². The number of amides is 2. The maximum Gasteiger partial charge on any atom is 0.229 e. The molecule has 7 heteroatoms. The first-order valence-electron chi connectivity index (χ1n) is 10.2. The average molecular weight is 372 g/mol. The largest absolute Gasteiger partial charge is 0.340 e. The third-order valence-electron chi connectivity index (χ3n) is 6.19. The monoisotopic (exact) mass is 372 g/mol. The highest BCUT2D eigenvalue weighted by Crippen LogP contribution is 2.35. The van der Waals surface area contributed by atoms with E-state index in [0.29, 0.717) is 31.3 Å². The number of likely N-dealkylation sites (tertiary alicyclic amines) is 1. The second-order valence-electron chi connectivity index (χ2n) is 8.01. The number of rotatable bonds is 6. The Hall–Kier alpha value is -2.18. The normalized spacial score (nSPS) is 23.0. The lowest BCUT2D eigenvalue weighted by atomic mass is 9.85. The number of hydrogen-bond acceptors (Lipinski definition) is 5. The van der Waals surface area contributed by atoms with Crippen LogP contribution < -0.4 is 0 Å². The van der Waals surface area contributed by atoms with Crippen LogP contribution in [0.15, 0.2) is 16.7 Å². The maximum absolute atomic E-state index is 12.6. The topological polar surface area (TPSA) is 79.5 Å². The predicted molar refractivity (Wildman–Crippen MR) is 98.8 cm³/mol. The number of allylic oxidation sites excluding steroid dienone is 2. The zero-order valence-electron chi connectivity index (χ0n) is 16.0. The van der Waals surface area contributed by atoms with Gasteiger partial charge in [0.05, 0.1) is 6.04 Å². The fourth-order valence-corrected chi connectivity index (χ4v) is 4.28. The fourth-order valence-electron chi connectivity index (χ4n) is 4.28. The SMILES string of the molecule is CC(=O)N(CCc1noc(C2CCC2)n1)C1CCN(C(=O)C2CC=CC2)C1. The molecule has 0 N–H and O–H groups in total. The van der Waals surface area contributed by atoms with Crippen molar-refractivity contribution < 1.29 is 14.1 Å². The van der Waals surface area contributed by atoms with Gasteiger partial charge in [0.1, 0.15) is 0 Å². The van der Waals surface area contributed by atoms with Gasteiger partial charge in [-0.2, -0.15) is 4.98 Å². The molecule has 1 aliphatic heterocycles. The summed E-state index contributed by atoms with van der Waals surface area (Å²) >= 11 is 0. The summed E-state index contributed by atoms with van der Waals surface area (Å²) in [4.78, 5) is 33.1. The first-order valence-corrected chi connectivity index (χ1v) is 10.2. The molecule has 1 aromatic rings. The highest BCUT2D eigenvalue weighted by atomic mass is 16.5. The van der Waals surface area contributed by atoms with Crippen molar-refractivity contribution in [3.05, 3.63) is 23.9 Å². The van der Waals surface area contributed by atoms with Crippen LogP contribution in [0.1, 0.15) is 63.1 Å². The van der Waals surface area contributed by atoms with Crippen LogP contribution in [0.2, 0.25) is 0 Å². The molecule has 1 aromatic heterocycles. The van der Waals surface area contributed by atoms with E-state index in [1.165, 1.54) is 6.42 Å². The molecule has 2 heterocycles. The van der Waals surface area contributed by atoms with Gasteiger partial charge in [0, 0.05) is 44.8 Å². The van der Waals surface area contributed by atoms with Gasteiger partial charge in [-0.25, -0.2) is 0 Å². The summed E-state index contributed by atoms with van der Waals surface area (Å²) in [5.41, 5.74) is 0. The van der Waals surface area contributed by atoms with E-state index in [2.05, 4.69) is 22.3 Å². The Morgan fingerprint density at radius 2 is 2.04 bits per heavy atom. The van der Waals surface area contributed by atoms with Crippen molar-refractivity contribution in [3.8, 4) is 0 Å². The molecule has 146 valence electrons. The zero-order chi connectivity index (χ0) is 18.8. The smallest absolute Gasteiger partial charge is 0.229 e. The van der Waals surface area contributed by atoms with Crippen LogP contribution in [0.4, 0.5) is 0 Å². The fraction of sp³-hybridized carbons (Fsp3) is 0.700. The summed E-state index contributed by atoms with van der Waals surface area (Å²) < 4.78 is 5.37. The Morgan fingerprint density at radius 1 is 1.26 bits per heavy atom. The molecule has 0 bridgehead atoms. The number of carbonyl (C=O) groups excluding carboxylic acids is 2. The molecule has 1 saturated carbocycles. The minimum Gasteiger partial charge on any atom is -0.340 e. The summed E-state index contributed by atoms with van der Waals surface area (Å²) in [5.74, 6) is 2.21. The molecule has 3 aliphatic rings. The molecular weight excluding hydrogens is 344 g/mol. The van der Waals surface area contributed by atoms with Gasteiger partial charge < -0.3 is 14.3 Å². The van der Waals surface area contributed by atoms with Crippen molar-refractivity contribution in [2.24, 2.45) is 5.92 Å². The Labute approximate surface area is 159 Å². The molecule has 1 saturated heterocycles. The minimum atomic E-state index is 0.0412. The van der Waals surface area contributed by atoms with Crippen LogP contribution in [0.5, 0.6) is 0 Å². The molecule has 0 aromatic carbocycles. The molecule has 7 nitrogen and oxygen atoms in total. The van der Waals surface area contributed by atoms with Crippen molar-refractivity contribution in [1.29, 1.82) is 0 Å². The zero-order valence-corrected chi connectivity index (χ0v) is 16.0. The highest BCUT2D eigenvalue weighted by Gasteiger charge is 2.34. The van der Waals surface area contributed by atoms with Gasteiger partial charge in [0.15, 0.2) is 5.82 Å². The molecule has 2 fully saturated rings. The summed E-state index contributed by atoms with van der Waals surface area (Å²) in [6.45, 7) is 3.53. The van der Waals surface area contributed by atoms with Crippen molar-refractivity contribution in [3.63, 3.8) is 0 Å². The third kappa shape index (κ3) is 3.92. The van der Waals surface area contributed by atoms with Crippen LogP contribution in [-0.4, -0.2) is 57.4 Å². The van der Waals surface area contributed by atoms with Crippen LogP contribution in [-0.2, 0) is 16.0 Å². The van der Waals surface area contributed by atoms with Crippen LogP contribution in [0, 0.1) is 5.92 Å². The average Bonchev–Trinajstić information content (AvgIpc) is 3.35. The highest BCUT2D eigenvalue weighted by molar-refractivity contribution is 5.80. The molecule has 0 radical (unpaired) electrons. The first kappa shape index (κ1) is 18.2. The van der Waals surface area contributed by atoms with Gasteiger partial charge in [-0.1, -0.05) is 23.7 Å². The standard InChI is InChI=1S/C20H28N4O3/c1-14(25)24(12-10-18-21-19(27-22-18)15-7-4-8-15)17-9-11-23(13-17)20(26)16-5-2-3-6-16/h2-3,15-17H,4-13H2,1H3. The molecule has 4 rings (SSSR count). The Balaban J connectivity index is 1.31. The molecule has 27 heavy (non-hydrogen) atoms. The second-order valence-corrected chi connectivity index (χ2v) is 8.01. The molecule has 2 aliphatic carbocycles. The van der Waals surface area contributed by atoms with Crippen LogP contribution >= 0.6 is 0 Å². The van der Waals surface area contributed by atoms with Crippen LogP contribution in [0.3, 0.4) is 0 Å². The molecule has 2 amide bonds. The van der Waals surface area contributed by atoms with E-state index in [9.17, 15) is 9.59 Å². The van der Waals surface area contributed by atoms with Crippen molar-refractivity contribution >= 4 is 11.8 Å². The number of carbonyl (C=O) groups is 2. The first-order chi connectivity index (χ1) is 13.1. The van der Waals surface area contributed by atoms with E-state index >= 15 is 0 Å². The Morgan fingerprint density at radius 3 is 2.70 bits per heavy atom. The Kier molecular flexibility index (Phi) is 5.27. The van der Waals surface area contributed by atoms with E-state index in [1.807, 2.05) is 9.80 Å². The second kappa shape index (κ2) is 7.82. The van der Waals surface area contributed by atoms with E-state index in [-0.39, 0.29) is 23.8 Å². The molecular formula is C20H28N4O3. The lowest BCUT2D eigenvalue weighted by Crippen LogP contribution is -2.43. The van der Waals surface area contributed by atoms with Gasteiger partial charge in [-0.15, -0.1) is 0 Å². The van der Waals surface area contributed by atoms with E-state index < -0.39 is 0 Å². The molecule has 1 unspecified atom stereocenters. The molecule has 1 atom stereocenters. The van der Waals surface area contributed by atoms with Gasteiger partial charge in [0.2, 0.25) is 17.7 Å². The molecule has 0 spiro atoms.